The Morgan fingerprint density at radius 2 is 2.16 bits per heavy atom. The highest BCUT2D eigenvalue weighted by atomic mass is 32.1. The van der Waals surface area contributed by atoms with E-state index < -0.39 is 0 Å². The van der Waals surface area contributed by atoms with Gasteiger partial charge in [-0.25, -0.2) is 4.98 Å². The zero-order chi connectivity index (χ0) is 13.4. The van der Waals surface area contributed by atoms with Crippen LogP contribution in [0.15, 0.2) is 22.7 Å². The van der Waals surface area contributed by atoms with Crippen molar-refractivity contribution in [3.05, 3.63) is 29.1 Å². The number of benzene rings is 1. The SMILES string of the molecule is CC(C)c1nc2ccc(-c3noc(CN)n3)cc2s1. The lowest BCUT2D eigenvalue weighted by Crippen LogP contribution is -1.95. The Morgan fingerprint density at radius 3 is 2.84 bits per heavy atom. The van der Waals surface area contributed by atoms with Crippen molar-refractivity contribution in [2.75, 3.05) is 0 Å². The first-order valence-corrected chi connectivity index (χ1v) is 6.92. The highest BCUT2D eigenvalue weighted by molar-refractivity contribution is 7.18. The molecule has 0 amide bonds. The summed E-state index contributed by atoms with van der Waals surface area (Å²) < 4.78 is 6.16. The molecule has 0 spiro atoms. The van der Waals surface area contributed by atoms with Gasteiger partial charge in [-0.05, 0) is 18.2 Å². The Kier molecular flexibility index (Phi) is 3.04. The number of nitrogens with two attached hydrogens (primary N) is 1. The summed E-state index contributed by atoms with van der Waals surface area (Å²) >= 11 is 1.70. The van der Waals surface area contributed by atoms with Crippen molar-refractivity contribution in [1.29, 1.82) is 0 Å². The number of nitrogens with zero attached hydrogens (tertiary/aromatic N) is 3. The third-order valence-electron chi connectivity index (χ3n) is 2.80. The van der Waals surface area contributed by atoms with Crippen LogP contribution in [-0.4, -0.2) is 15.1 Å². The number of thiazole rings is 1. The molecule has 6 heteroatoms. The van der Waals surface area contributed by atoms with Crippen LogP contribution in [0.4, 0.5) is 0 Å². The number of hydrogen-bond acceptors (Lipinski definition) is 6. The van der Waals surface area contributed by atoms with Crippen LogP contribution in [0.1, 0.15) is 30.7 Å². The van der Waals surface area contributed by atoms with Crippen LogP contribution in [0.25, 0.3) is 21.6 Å². The Morgan fingerprint density at radius 1 is 1.32 bits per heavy atom. The van der Waals surface area contributed by atoms with Gasteiger partial charge in [0.25, 0.3) is 0 Å². The second-order valence-corrected chi connectivity index (χ2v) is 5.67. The van der Waals surface area contributed by atoms with E-state index in [9.17, 15) is 0 Å². The van der Waals surface area contributed by atoms with Gasteiger partial charge in [0, 0.05) is 11.5 Å². The molecule has 3 rings (SSSR count). The molecule has 2 N–H and O–H groups in total. The fraction of sp³-hybridized carbons (Fsp3) is 0.308. The molecular weight excluding hydrogens is 260 g/mol. The van der Waals surface area contributed by atoms with Gasteiger partial charge < -0.3 is 10.3 Å². The minimum Gasteiger partial charge on any atom is -0.338 e. The summed E-state index contributed by atoms with van der Waals surface area (Å²) in [5, 5.41) is 5.07. The van der Waals surface area contributed by atoms with E-state index in [1.807, 2.05) is 18.2 Å². The molecule has 0 bridgehead atoms. The minimum atomic E-state index is 0.257. The van der Waals surface area contributed by atoms with Crippen molar-refractivity contribution < 1.29 is 4.52 Å². The molecule has 0 unspecified atom stereocenters. The number of fused-ring (bicyclic) bond motifs is 1. The molecule has 0 radical (unpaired) electrons. The van der Waals surface area contributed by atoms with Gasteiger partial charge in [0.05, 0.1) is 21.8 Å². The van der Waals surface area contributed by atoms with Crippen molar-refractivity contribution in [1.82, 2.24) is 15.1 Å². The van der Waals surface area contributed by atoms with Gasteiger partial charge in [0.15, 0.2) is 0 Å². The Labute approximate surface area is 114 Å². The number of hydrogen-bond donors (Lipinski definition) is 1. The van der Waals surface area contributed by atoms with Crippen LogP contribution in [-0.2, 0) is 6.54 Å². The van der Waals surface area contributed by atoms with Crippen molar-refractivity contribution in [3.63, 3.8) is 0 Å². The largest absolute Gasteiger partial charge is 0.338 e. The molecular formula is C13H14N4OS. The average Bonchev–Trinajstić information content (AvgIpc) is 3.04. The normalized spacial score (nSPS) is 11.6. The summed E-state index contributed by atoms with van der Waals surface area (Å²) in [7, 11) is 0. The molecule has 2 aromatic heterocycles. The molecule has 0 saturated carbocycles. The smallest absolute Gasteiger partial charge is 0.240 e. The molecule has 0 aliphatic heterocycles. The van der Waals surface area contributed by atoms with E-state index in [-0.39, 0.29) is 6.54 Å². The Balaban J connectivity index is 2.05. The molecule has 98 valence electrons. The molecule has 5 nitrogen and oxygen atoms in total. The molecule has 0 saturated heterocycles. The summed E-state index contributed by atoms with van der Waals surface area (Å²) in [5.74, 6) is 1.46. The predicted molar refractivity (Wildman–Crippen MR) is 74.9 cm³/mol. The lowest BCUT2D eigenvalue weighted by molar-refractivity contribution is 0.380. The molecule has 0 atom stereocenters. The van der Waals surface area contributed by atoms with E-state index in [2.05, 4.69) is 29.0 Å². The first kappa shape index (κ1) is 12.3. The van der Waals surface area contributed by atoms with Crippen LogP contribution in [0.3, 0.4) is 0 Å². The topological polar surface area (TPSA) is 77.8 Å². The second-order valence-electron chi connectivity index (χ2n) is 4.61. The lowest BCUT2D eigenvalue weighted by atomic mass is 10.2. The first-order valence-electron chi connectivity index (χ1n) is 6.11. The summed E-state index contributed by atoms with van der Waals surface area (Å²) in [5.41, 5.74) is 7.40. The van der Waals surface area contributed by atoms with Crippen molar-refractivity contribution >= 4 is 21.6 Å². The lowest BCUT2D eigenvalue weighted by Gasteiger charge is -1.94. The molecule has 0 fully saturated rings. The van der Waals surface area contributed by atoms with E-state index in [4.69, 9.17) is 10.3 Å². The van der Waals surface area contributed by atoms with Crippen LogP contribution in [0, 0.1) is 0 Å². The number of aromatic nitrogens is 3. The van der Waals surface area contributed by atoms with E-state index in [0.29, 0.717) is 17.6 Å². The summed E-state index contributed by atoms with van der Waals surface area (Å²) in [4.78, 5) is 8.83. The van der Waals surface area contributed by atoms with Crippen LogP contribution in [0.2, 0.25) is 0 Å². The predicted octanol–water partition coefficient (Wildman–Crippen LogP) is 2.93. The van der Waals surface area contributed by atoms with Crippen molar-refractivity contribution in [2.45, 2.75) is 26.3 Å². The molecule has 1 aromatic carbocycles. The maximum Gasteiger partial charge on any atom is 0.240 e. The fourth-order valence-electron chi connectivity index (χ4n) is 1.78. The van der Waals surface area contributed by atoms with E-state index >= 15 is 0 Å². The zero-order valence-corrected chi connectivity index (χ0v) is 11.6. The van der Waals surface area contributed by atoms with E-state index in [0.717, 1.165) is 20.8 Å². The van der Waals surface area contributed by atoms with Crippen LogP contribution >= 0.6 is 11.3 Å². The van der Waals surface area contributed by atoms with Crippen LogP contribution in [0.5, 0.6) is 0 Å². The summed E-state index contributed by atoms with van der Waals surface area (Å²) in [6.07, 6.45) is 0. The van der Waals surface area contributed by atoms with Crippen molar-refractivity contribution in [2.24, 2.45) is 5.73 Å². The van der Waals surface area contributed by atoms with Crippen molar-refractivity contribution in [3.8, 4) is 11.4 Å². The van der Waals surface area contributed by atoms with Gasteiger partial charge in [-0.15, -0.1) is 11.3 Å². The summed E-state index contributed by atoms with van der Waals surface area (Å²) in [6, 6.07) is 5.99. The Bertz CT molecular complexity index is 716. The minimum absolute atomic E-state index is 0.257. The number of rotatable bonds is 3. The molecule has 2 heterocycles. The van der Waals surface area contributed by atoms with Gasteiger partial charge in [0.1, 0.15) is 0 Å². The maximum atomic E-state index is 5.46. The van der Waals surface area contributed by atoms with Gasteiger partial charge >= 0.3 is 0 Å². The highest BCUT2D eigenvalue weighted by Gasteiger charge is 2.11. The quantitative estimate of drug-likeness (QED) is 0.794. The van der Waals surface area contributed by atoms with E-state index in [1.165, 1.54) is 0 Å². The first-order chi connectivity index (χ1) is 9.17. The third-order valence-corrected chi connectivity index (χ3v) is 4.12. The standard InChI is InChI=1S/C13H14N4OS/c1-7(2)13-15-9-4-3-8(5-10(9)19-13)12-16-11(6-14)18-17-12/h3-5,7H,6,14H2,1-2H3. The molecule has 19 heavy (non-hydrogen) atoms. The molecule has 0 aliphatic rings. The molecule has 0 aliphatic carbocycles. The fourth-order valence-corrected chi connectivity index (χ4v) is 2.79. The third kappa shape index (κ3) is 2.24. The summed E-state index contributed by atoms with van der Waals surface area (Å²) in [6.45, 7) is 4.55. The maximum absolute atomic E-state index is 5.46. The van der Waals surface area contributed by atoms with Gasteiger partial charge in [-0.3, -0.25) is 0 Å². The zero-order valence-electron chi connectivity index (χ0n) is 10.8. The second kappa shape index (κ2) is 4.71. The van der Waals surface area contributed by atoms with Gasteiger partial charge in [0.2, 0.25) is 11.7 Å². The van der Waals surface area contributed by atoms with Crippen LogP contribution < -0.4 is 5.73 Å². The highest BCUT2D eigenvalue weighted by Crippen LogP contribution is 2.30. The Hall–Kier alpha value is -1.79. The molecule has 3 aromatic rings. The van der Waals surface area contributed by atoms with Gasteiger partial charge in [-0.1, -0.05) is 19.0 Å². The van der Waals surface area contributed by atoms with E-state index in [1.54, 1.807) is 11.3 Å². The monoisotopic (exact) mass is 274 g/mol. The van der Waals surface area contributed by atoms with Gasteiger partial charge in [-0.2, -0.15) is 4.98 Å². The average molecular weight is 274 g/mol.